The van der Waals surface area contributed by atoms with E-state index in [1.807, 2.05) is 6.07 Å². The molecular weight excluding hydrogens is 379 g/mol. The first-order valence-electron chi connectivity index (χ1n) is 5.89. The van der Waals surface area contributed by atoms with Gasteiger partial charge < -0.3 is 10.1 Å². The van der Waals surface area contributed by atoms with Crippen molar-refractivity contribution in [2.24, 2.45) is 0 Å². The Morgan fingerprint density at radius 3 is 2.71 bits per heavy atom. The molecule has 1 aromatic carbocycles. The smallest absolute Gasteiger partial charge is 0.341 e. The second-order valence-electron chi connectivity index (χ2n) is 4.20. The second-order valence-corrected chi connectivity index (χ2v) is 5.88. The summed E-state index contributed by atoms with van der Waals surface area (Å²) >= 11 is 15.5. The molecule has 0 saturated carbocycles. The first-order chi connectivity index (χ1) is 9.93. The molecule has 0 bridgehead atoms. The predicted molar refractivity (Wildman–Crippen MR) is 87.8 cm³/mol. The van der Waals surface area contributed by atoms with Crippen LogP contribution in [0.2, 0.25) is 10.2 Å². The van der Waals surface area contributed by atoms with Gasteiger partial charge in [-0.05, 0) is 25.1 Å². The van der Waals surface area contributed by atoms with Crippen LogP contribution in [-0.2, 0) is 4.74 Å². The Bertz CT molecular complexity index is 708. The third-order valence-electron chi connectivity index (χ3n) is 2.86. The molecule has 4 nitrogen and oxygen atoms in total. The third kappa shape index (κ3) is 3.48. The number of hydrogen-bond donors (Lipinski definition) is 1. The van der Waals surface area contributed by atoms with Crippen LogP contribution in [0.5, 0.6) is 0 Å². The number of nitrogens with zero attached hydrogens (tertiary/aromatic N) is 1. The fraction of sp³-hybridized carbons (Fsp3) is 0.143. The van der Waals surface area contributed by atoms with Gasteiger partial charge in [-0.2, -0.15) is 0 Å². The number of benzene rings is 1. The van der Waals surface area contributed by atoms with E-state index in [9.17, 15) is 4.79 Å². The summed E-state index contributed by atoms with van der Waals surface area (Å²) in [5.74, 6) is -0.502. The molecule has 1 aromatic heterocycles. The van der Waals surface area contributed by atoms with Crippen molar-refractivity contribution in [1.82, 2.24) is 4.98 Å². The maximum atomic E-state index is 11.8. The van der Waals surface area contributed by atoms with Crippen LogP contribution in [0.25, 0.3) is 0 Å². The number of esters is 1. The zero-order valence-electron chi connectivity index (χ0n) is 11.2. The Hall–Kier alpha value is -1.30. The van der Waals surface area contributed by atoms with Crippen molar-refractivity contribution in [1.29, 1.82) is 0 Å². The average Bonchev–Trinajstić information content (AvgIpc) is 2.45. The Kier molecular flexibility index (Phi) is 5.08. The molecule has 110 valence electrons. The SMILES string of the molecule is COC(=O)c1cnc(Cl)c(C)c1Nc1ccc(Br)cc1Cl. The van der Waals surface area contributed by atoms with Gasteiger partial charge in [0.2, 0.25) is 0 Å². The lowest BCUT2D eigenvalue weighted by atomic mass is 10.1. The van der Waals surface area contributed by atoms with Crippen molar-refractivity contribution in [3.8, 4) is 0 Å². The van der Waals surface area contributed by atoms with Crippen LogP contribution in [0, 0.1) is 6.92 Å². The molecule has 7 heteroatoms. The molecule has 0 unspecified atom stereocenters. The molecule has 0 aliphatic rings. The van der Waals surface area contributed by atoms with Crippen molar-refractivity contribution in [3.05, 3.63) is 50.2 Å². The van der Waals surface area contributed by atoms with Crippen LogP contribution in [0.15, 0.2) is 28.9 Å². The van der Waals surface area contributed by atoms with E-state index < -0.39 is 5.97 Å². The summed E-state index contributed by atoms with van der Waals surface area (Å²) in [5.41, 5.74) is 2.10. The Balaban J connectivity index is 2.51. The summed E-state index contributed by atoms with van der Waals surface area (Å²) in [6.45, 7) is 1.76. The van der Waals surface area contributed by atoms with Gasteiger partial charge in [0.1, 0.15) is 10.7 Å². The molecule has 0 aliphatic heterocycles. The summed E-state index contributed by atoms with van der Waals surface area (Å²) in [6.07, 6.45) is 1.37. The first-order valence-corrected chi connectivity index (χ1v) is 7.44. The molecule has 0 amide bonds. The fourth-order valence-corrected chi connectivity index (χ4v) is 2.60. The van der Waals surface area contributed by atoms with Crippen LogP contribution in [0.4, 0.5) is 11.4 Å². The van der Waals surface area contributed by atoms with Crippen molar-refractivity contribution >= 4 is 56.5 Å². The van der Waals surface area contributed by atoms with Gasteiger partial charge in [0.15, 0.2) is 0 Å². The highest BCUT2D eigenvalue weighted by molar-refractivity contribution is 9.10. The van der Waals surface area contributed by atoms with E-state index in [0.717, 1.165) is 4.47 Å². The number of rotatable bonds is 3. The molecule has 0 atom stereocenters. The molecule has 2 rings (SSSR count). The normalized spacial score (nSPS) is 10.3. The molecule has 0 fully saturated rings. The minimum Gasteiger partial charge on any atom is -0.465 e. The molecule has 0 aliphatic carbocycles. The molecule has 2 aromatic rings. The molecule has 0 spiro atoms. The van der Waals surface area contributed by atoms with Crippen molar-refractivity contribution in [3.63, 3.8) is 0 Å². The lowest BCUT2D eigenvalue weighted by Crippen LogP contribution is -2.08. The third-order valence-corrected chi connectivity index (χ3v) is 4.04. The highest BCUT2D eigenvalue weighted by atomic mass is 79.9. The molecule has 0 saturated heterocycles. The van der Waals surface area contributed by atoms with Gasteiger partial charge in [0.25, 0.3) is 0 Å². The van der Waals surface area contributed by atoms with Gasteiger partial charge in [-0.3, -0.25) is 0 Å². The van der Waals surface area contributed by atoms with Crippen molar-refractivity contribution in [2.45, 2.75) is 6.92 Å². The number of nitrogens with one attached hydrogen (secondary N) is 1. The highest BCUT2D eigenvalue weighted by Gasteiger charge is 2.18. The van der Waals surface area contributed by atoms with Crippen molar-refractivity contribution < 1.29 is 9.53 Å². The Labute approximate surface area is 140 Å². The number of carbonyl (C=O) groups is 1. The zero-order valence-corrected chi connectivity index (χ0v) is 14.3. The number of halogens is 3. The predicted octanol–water partition coefficient (Wildman–Crippen LogP) is 4.99. The van der Waals surface area contributed by atoms with Gasteiger partial charge in [0.05, 0.1) is 23.5 Å². The van der Waals surface area contributed by atoms with Crippen LogP contribution < -0.4 is 5.32 Å². The van der Waals surface area contributed by atoms with Gasteiger partial charge in [-0.15, -0.1) is 0 Å². The summed E-state index contributed by atoms with van der Waals surface area (Å²) in [7, 11) is 1.31. The zero-order chi connectivity index (χ0) is 15.6. The monoisotopic (exact) mass is 388 g/mol. The van der Waals surface area contributed by atoms with Crippen LogP contribution in [0.1, 0.15) is 15.9 Å². The summed E-state index contributed by atoms with van der Waals surface area (Å²) in [4.78, 5) is 15.8. The van der Waals surface area contributed by atoms with Crippen LogP contribution in [0.3, 0.4) is 0 Å². The van der Waals surface area contributed by atoms with Gasteiger partial charge in [-0.25, -0.2) is 9.78 Å². The number of anilines is 2. The van der Waals surface area contributed by atoms with Crippen molar-refractivity contribution in [2.75, 3.05) is 12.4 Å². The van der Waals surface area contributed by atoms with Crippen LogP contribution >= 0.6 is 39.1 Å². The minimum atomic E-state index is -0.502. The summed E-state index contributed by atoms with van der Waals surface area (Å²) in [6, 6.07) is 5.38. The lowest BCUT2D eigenvalue weighted by Gasteiger charge is -2.15. The van der Waals surface area contributed by atoms with E-state index in [4.69, 9.17) is 27.9 Å². The second kappa shape index (κ2) is 6.64. The molecule has 1 heterocycles. The van der Waals surface area contributed by atoms with Gasteiger partial charge >= 0.3 is 5.97 Å². The highest BCUT2D eigenvalue weighted by Crippen LogP contribution is 2.33. The summed E-state index contributed by atoms with van der Waals surface area (Å²) < 4.78 is 5.61. The van der Waals surface area contributed by atoms with Gasteiger partial charge in [0, 0.05) is 16.2 Å². The number of methoxy groups -OCH3 is 1. The number of pyridine rings is 1. The van der Waals surface area contributed by atoms with E-state index in [-0.39, 0.29) is 0 Å². The van der Waals surface area contributed by atoms with E-state index >= 15 is 0 Å². The van der Waals surface area contributed by atoms with E-state index in [1.54, 1.807) is 19.1 Å². The molecular formula is C14H11BrCl2N2O2. The van der Waals surface area contributed by atoms with E-state index in [2.05, 4.69) is 26.2 Å². The average molecular weight is 390 g/mol. The first kappa shape index (κ1) is 16.1. The van der Waals surface area contributed by atoms with E-state index in [0.29, 0.717) is 32.7 Å². The summed E-state index contributed by atoms with van der Waals surface area (Å²) in [5, 5.41) is 3.93. The number of carbonyl (C=O) groups excluding carboxylic acids is 1. The topological polar surface area (TPSA) is 51.2 Å². The Morgan fingerprint density at radius 2 is 2.10 bits per heavy atom. The fourth-order valence-electron chi connectivity index (χ4n) is 1.74. The maximum absolute atomic E-state index is 11.8. The van der Waals surface area contributed by atoms with E-state index in [1.165, 1.54) is 13.3 Å². The van der Waals surface area contributed by atoms with Gasteiger partial charge in [-0.1, -0.05) is 39.1 Å². The van der Waals surface area contributed by atoms with Crippen LogP contribution in [-0.4, -0.2) is 18.1 Å². The quantitative estimate of drug-likeness (QED) is 0.593. The molecule has 1 N–H and O–H groups in total. The Morgan fingerprint density at radius 1 is 1.38 bits per heavy atom. The molecule has 0 radical (unpaired) electrons. The lowest BCUT2D eigenvalue weighted by molar-refractivity contribution is 0.0601. The largest absolute Gasteiger partial charge is 0.465 e. The molecule has 21 heavy (non-hydrogen) atoms. The number of hydrogen-bond acceptors (Lipinski definition) is 4. The number of aromatic nitrogens is 1. The minimum absolute atomic E-state index is 0.290. The number of ether oxygens (including phenoxy) is 1. The maximum Gasteiger partial charge on any atom is 0.341 e. The standard InChI is InChI=1S/C14H11BrCl2N2O2/c1-7-12(9(14(20)21-2)6-18-13(7)17)19-11-4-3-8(15)5-10(11)16/h3-6H,1-2H3,(H,18,19).